The Balaban J connectivity index is 2.04. The number of carbonyl (C=O) groups is 2. The van der Waals surface area contributed by atoms with Crippen LogP contribution in [0.15, 0.2) is 36.4 Å². The van der Waals surface area contributed by atoms with Crippen molar-refractivity contribution in [2.45, 2.75) is 13.0 Å². The van der Waals surface area contributed by atoms with Gasteiger partial charge in [-0.1, -0.05) is 34.8 Å². The molecule has 2 rings (SSSR count). The zero-order chi connectivity index (χ0) is 17.9. The lowest BCUT2D eigenvalue weighted by molar-refractivity contribution is -0.123. The second kappa shape index (κ2) is 7.83. The number of nitrogens with one attached hydrogen (secondary N) is 1. The normalized spacial score (nSPS) is 11.7. The Kier molecular flexibility index (Phi) is 6.04. The van der Waals surface area contributed by atoms with Gasteiger partial charge in [0, 0.05) is 10.0 Å². The summed E-state index contributed by atoms with van der Waals surface area (Å²) in [7, 11) is 0. The minimum absolute atomic E-state index is 0.0310. The Morgan fingerprint density at radius 2 is 1.71 bits per heavy atom. The van der Waals surface area contributed by atoms with Crippen molar-refractivity contribution >= 4 is 52.4 Å². The predicted octanol–water partition coefficient (Wildman–Crippen LogP) is 4.97. The zero-order valence-electron chi connectivity index (χ0n) is 12.3. The van der Waals surface area contributed by atoms with Gasteiger partial charge in [0.15, 0.2) is 6.10 Å². The van der Waals surface area contributed by atoms with Crippen LogP contribution in [-0.4, -0.2) is 18.0 Å². The number of amides is 1. The Morgan fingerprint density at radius 1 is 1.08 bits per heavy atom. The average Bonchev–Trinajstić information content (AvgIpc) is 2.48. The maximum Gasteiger partial charge on any atom is 0.339 e. The van der Waals surface area contributed by atoms with Crippen LogP contribution in [0.4, 0.5) is 10.1 Å². The van der Waals surface area contributed by atoms with E-state index in [2.05, 4.69) is 5.32 Å². The molecule has 0 spiro atoms. The Hall–Kier alpha value is -1.82. The van der Waals surface area contributed by atoms with Crippen LogP contribution in [0.1, 0.15) is 17.3 Å². The highest BCUT2D eigenvalue weighted by molar-refractivity contribution is 6.35. The molecule has 0 radical (unpaired) electrons. The van der Waals surface area contributed by atoms with E-state index < -0.39 is 23.8 Å². The molecule has 0 aliphatic rings. The van der Waals surface area contributed by atoms with Crippen LogP contribution >= 0.6 is 34.8 Å². The molecule has 4 nitrogen and oxygen atoms in total. The molecule has 0 unspecified atom stereocenters. The molecular weight excluding hydrogens is 380 g/mol. The molecule has 0 heterocycles. The fourth-order valence-electron chi connectivity index (χ4n) is 1.78. The second-order valence-corrected chi connectivity index (χ2v) is 6.10. The molecule has 2 aromatic carbocycles. The van der Waals surface area contributed by atoms with Crippen LogP contribution in [-0.2, 0) is 9.53 Å². The summed E-state index contributed by atoms with van der Waals surface area (Å²) in [5, 5.41) is 3.02. The SMILES string of the molecule is C[C@@H](OC(=O)c1cc(Cl)cc(Cl)c1)C(=O)Nc1ccc(F)cc1Cl. The van der Waals surface area contributed by atoms with E-state index in [9.17, 15) is 14.0 Å². The molecular formula is C16H11Cl3FNO3. The number of carbonyl (C=O) groups excluding carboxylic acids is 2. The fourth-order valence-corrected chi connectivity index (χ4v) is 2.52. The average molecular weight is 391 g/mol. The molecule has 24 heavy (non-hydrogen) atoms. The maximum absolute atomic E-state index is 13.0. The van der Waals surface area contributed by atoms with Crippen molar-refractivity contribution in [2.24, 2.45) is 0 Å². The maximum atomic E-state index is 13.0. The molecule has 8 heteroatoms. The van der Waals surface area contributed by atoms with Gasteiger partial charge < -0.3 is 10.1 Å². The van der Waals surface area contributed by atoms with Gasteiger partial charge in [0.05, 0.1) is 16.3 Å². The smallest absolute Gasteiger partial charge is 0.339 e. The molecule has 0 fully saturated rings. The van der Waals surface area contributed by atoms with E-state index in [0.717, 1.165) is 12.1 Å². The van der Waals surface area contributed by atoms with Crippen LogP contribution < -0.4 is 5.32 Å². The van der Waals surface area contributed by atoms with E-state index in [1.165, 1.54) is 31.2 Å². The van der Waals surface area contributed by atoms with Gasteiger partial charge in [-0.25, -0.2) is 9.18 Å². The largest absolute Gasteiger partial charge is 0.449 e. The summed E-state index contributed by atoms with van der Waals surface area (Å²) in [6.45, 7) is 1.39. The van der Waals surface area contributed by atoms with Crippen molar-refractivity contribution < 1.29 is 18.7 Å². The van der Waals surface area contributed by atoms with Gasteiger partial charge in [-0.3, -0.25) is 4.79 Å². The van der Waals surface area contributed by atoms with Gasteiger partial charge >= 0.3 is 5.97 Å². The number of halogens is 4. The van der Waals surface area contributed by atoms with E-state index in [4.69, 9.17) is 39.5 Å². The number of rotatable bonds is 4. The zero-order valence-corrected chi connectivity index (χ0v) is 14.5. The number of hydrogen-bond donors (Lipinski definition) is 1. The standard InChI is InChI=1S/C16H11Cl3FNO3/c1-8(15(22)21-14-3-2-12(20)7-13(14)19)24-16(23)9-4-10(17)6-11(18)5-9/h2-8H,1H3,(H,21,22)/t8-/m1/s1. The third-order valence-electron chi connectivity index (χ3n) is 2.94. The molecule has 0 bridgehead atoms. The number of hydrogen-bond acceptors (Lipinski definition) is 3. The van der Waals surface area contributed by atoms with E-state index >= 15 is 0 Å². The van der Waals surface area contributed by atoms with Gasteiger partial charge in [-0.15, -0.1) is 0 Å². The lowest BCUT2D eigenvalue weighted by atomic mass is 10.2. The van der Waals surface area contributed by atoms with Gasteiger partial charge in [0.25, 0.3) is 5.91 Å². The highest BCUT2D eigenvalue weighted by Crippen LogP contribution is 2.23. The van der Waals surface area contributed by atoms with Crippen molar-refractivity contribution in [3.8, 4) is 0 Å². The third-order valence-corrected chi connectivity index (χ3v) is 3.69. The summed E-state index contributed by atoms with van der Waals surface area (Å²) in [5.41, 5.74) is 0.323. The number of benzene rings is 2. The number of esters is 1. The first-order chi connectivity index (χ1) is 11.3. The van der Waals surface area contributed by atoms with E-state index in [1.807, 2.05) is 0 Å². The molecule has 0 aliphatic heterocycles. The molecule has 0 saturated carbocycles. The molecule has 0 aromatic heterocycles. The van der Waals surface area contributed by atoms with Crippen molar-refractivity contribution in [1.29, 1.82) is 0 Å². The Morgan fingerprint density at radius 3 is 2.29 bits per heavy atom. The summed E-state index contributed by atoms with van der Waals surface area (Å²) < 4.78 is 18.0. The van der Waals surface area contributed by atoms with Crippen LogP contribution in [0.3, 0.4) is 0 Å². The fraction of sp³-hybridized carbons (Fsp3) is 0.125. The Bertz CT molecular complexity index is 778. The molecule has 126 valence electrons. The quantitative estimate of drug-likeness (QED) is 0.750. The Labute approximate surface area is 152 Å². The number of ether oxygens (including phenoxy) is 1. The van der Waals surface area contributed by atoms with E-state index in [-0.39, 0.29) is 26.3 Å². The van der Waals surface area contributed by atoms with Gasteiger partial charge in [-0.2, -0.15) is 0 Å². The van der Waals surface area contributed by atoms with Gasteiger partial charge in [0.2, 0.25) is 0 Å². The molecule has 1 amide bonds. The second-order valence-electron chi connectivity index (χ2n) is 4.82. The predicted molar refractivity (Wildman–Crippen MR) is 91.4 cm³/mol. The van der Waals surface area contributed by atoms with Crippen molar-refractivity contribution in [2.75, 3.05) is 5.32 Å². The van der Waals surface area contributed by atoms with Gasteiger partial charge in [-0.05, 0) is 43.3 Å². The summed E-state index contributed by atoms with van der Waals surface area (Å²) >= 11 is 17.5. The van der Waals surface area contributed by atoms with Crippen LogP contribution in [0.2, 0.25) is 15.1 Å². The van der Waals surface area contributed by atoms with Crippen LogP contribution in [0.25, 0.3) is 0 Å². The van der Waals surface area contributed by atoms with Crippen molar-refractivity contribution in [3.05, 3.63) is 62.8 Å². The summed E-state index contributed by atoms with van der Waals surface area (Å²) in [4.78, 5) is 24.1. The van der Waals surface area contributed by atoms with Crippen molar-refractivity contribution in [1.82, 2.24) is 0 Å². The van der Waals surface area contributed by atoms with E-state index in [1.54, 1.807) is 0 Å². The van der Waals surface area contributed by atoms with Crippen LogP contribution in [0, 0.1) is 5.82 Å². The third kappa shape index (κ3) is 4.84. The summed E-state index contributed by atoms with van der Waals surface area (Å²) in [6, 6.07) is 7.72. The van der Waals surface area contributed by atoms with Crippen molar-refractivity contribution in [3.63, 3.8) is 0 Å². The molecule has 0 aliphatic carbocycles. The molecule has 1 N–H and O–H groups in total. The van der Waals surface area contributed by atoms with Gasteiger partial charge in [0.1, 0.15) is 5.82 Å². The molecule has 2 aromatic rings. The topological polar surface area (TPSA) is 55.4 Å². The monoisotopic (exact) mass is 389 g/mol. The first kappa shape index (κ1) is 18.5. The first-order valence-corrected chi connectivity index (χ1v) is 7.82. The lowest BCUT2D eigenvalue weighted by Gasteiger charge is -2.14. The highest BCUT2D eigenvalue weighted by Gasteiger charge is 2.20. The molecule has 0 saturated heterocycles. The van der Waals surface area contributed by atoms with E-state index in [0.29, 0.717) is 0 Å². The summed E-state index contributed by atoms with van der Waals surface area (Å²) in [5.74, 6) is -1.91. The summed E-state index contributed by atoms with van der Waals surface area (Å²) in [6.07, 6.45) is -1.11. The minimum Gasteiger partial charge on any atom is -0.449 e. The van der Waals surface area contributed by atoms with Crippen LogP contribution in [0.5, 0.6) is 0 Å². The molecule has 1 atom stereocenters. The first-order valence-electron chi connectivity index (χ1n) is 6.69. The minimum atomic E-state index is -1.11. The lowest BCUT2D eigenvalue weighted by Crippen LogP contribution is -2.30. The highest BCUT2D eigenvalue weighted by atomic mass is 35.5. The number of anilines is 1.